The summed E-state index contributed by atoms with van der Waals surface area (Å²) in [5, 5.41) is 31.6. The van der Waals surface area contributed by atoms with Crippen molar-refractivity contribution in [1.29, 1.82) is 5.26 Å². The number of amides is 1. The highest BCUT2D eigenvalue weighted by molar-refractivity contribution is 5.67. The van der Waals surface area contributed by atoms with E-state index in [1.165, 1.54) is 0 Å². The van der Waals surface area contributed by atoms with Gasteiger partial charge in [0, 0.05) is 6.54 Å². The van der Waals surface area contributed by atoms with Crippen LogP contribution in [0.15, 0.2) is 18.2 Å². The molecule has 1 amide bonds. The van der Waals surface area contributed by atoms with Gasteiger partial charge in [-0.2, -0.15) is 5.26 Å². The average molecular weight is 320 g/mol. The highest BCUT2D eigenvalue weighted by Crippen LogP contribution is 2.21. The van der Waals surface area contributed by atoms with E-state index < -0.39 is 23.9 Å². The van der Waals surface area contributed by atoms with Crippen molar-refractivity contribution in [1.82, 2.24) is 5.32 Å². The summed E-state index contributed by atoms with van der Waals surface area (Å²) in [5.41, 5.74) is 1.22. The van der Waals surface area contributed by atoms with Crippen LogP contribution in [0.2, 0.25) is 0 Å². The number of carbonyl (C=O) groups excluding carboxylic acids is 1. The van der Waals surface area contributed by atoms with E-state index in [2.05, 4.69) is 11.4 Å². The molecule has 6 heteroatoms. The zero-order chi connectivity index (χ0) is 17.6. The number of aliphatic hydroxyl groups excluding tert-OH is 2. The van der Waals surface area contributed by atoms with Crippen LogP contribution in [0.5, 0.6) is 0 Å². The van der Waals surface area contributed by atoms with Crippen molar-refractivity contribution in [3.05, 3.63) is 34.9 Å². The zero-order valence-electron chi connectivity index (χ0n) is 14.0. The third-order valence-corrected chi connectivity index (χ3v) is 3.19. The number of nitriles is 1. The smallest absolute Gasteiger partial charge is 0.407 e. The van der Waals surface area contributed by atoms with E-state index in [0.29, 0.717) is 11.1 Å². The first-order valence-electron chi connectivity index (χ1n) is 7.47. The van der Waals surface area contributed by atoms with Crippen LogP contribution in [-0.2, 0) is 4.74 Å². The molecule has 0 fully saturated rings. The first kappa shape index (κ1) is 18.9. The Morgan fingerprint density at radius 3 is 2.57 bits per heavy atom. The SMILES string of the molecule is Cc1cc(C(O)C(O)CCNC(=O)OC(C)(C)C)ccc1C#N. The number of hydrogen-bond donors (Lipinski definition) is 3. The van der Waals surface area contributed by atoms with Gasteiger partial charge in [-0.3, -0.25) is 0 Å². The third-order valence-electron chi connectivity index (χ3n) is 3.19. The van der Waals surface area contributed by atoms with Gasteiger partial charge in [-0.25, -0.2) is 4.79 Å². The molecule has 0 spiro atoms. The Morgan fingerprint density at radius 1 is 1.39 bits per heavy atom. The molecule has 1 rings (SSSR count). The van der Waals surface area contributed by atoms with E-state index in [-0.39, 0.29) is 13.0 Å². The number of aryl methyl sites for hydroxylation is 1. The number of alkyl carbamates (subject to hydrolysis) is 1. The van der Waals surface area contributed by atoms with Gasteiger partial charge in [-0.15, -0.1) is 0 Å². The van der Waals surface area contributed by atoms with Crippen molar-refractivity contribution in [3.63, 3.8) is 0 Å². The minimum atomic E-state index is -1.08. The predicted molar refractivity (Wildman–Crippen MR) is 85.7 cm³/mol. The molecule has 3 N–H and O–H groups in total. The van der Waals surface area contributed by atoms with Crippen molar-refractivity contribution in [2.45, 2.75) is 51.9 Å². The fraction of sp³-hybridized carbons (Fsp3) is 0.529. The van der Waals surface area contributed by atoms with Crippen LogP contribution in [0, 0.1) is 18.3 Å². The van der Waals surface area contributed by atoms with Gasteiger partial charge in [0.05, 0.1) is 17.7 Å². The molecule has 0 bridgehead atoms. The second-order valence-electron chi connectivity index (χ2n) is 6.42. The molecule has 1 aromatic rings. The van der Waals surface area contributed by atoms with E-state index in [1.54, 1.807) is 45.9 Å². The van der Waals surface area contributed by atoms with Gasteiger partial charge in [0.25, 0.3) is 0 Å². The lowest BCUT2D eigenvalue weighted by Crippen LogP contribution is -2.34. The van der Waals surface area contributed by atoms with Crippen molar-refractivity contribution in [3.8, 4) is 6.07 Å². The van der Waals surface area contributed by atoms with Crippen molar-refractivity contribution in [2.75, 3.05) is 6.54 Å². The fourth-order valence-corrected chi connectivity index (χ4v) is 2.01. The average Bonchev–Trinajstić information content (AvgIpc) is 2.44. The van der Waals surface area contributed by atoms with Gasteiger partial charge in [-0.05, 0) is 51.3 Å². The van der Waals surface area contributed by atoms with Crippen molar-refractivity contribution >= 4 is 6.09 Å². The normalized spacial score (nSPS) is 13.8. The van der Waals surface area contributed by atoms with Crippen LogP contribution in [-0.4, -0.2) is 34.6 Å². The largest absolute Gasteiger partial charge is 0.444 e. The molecule has 2 unspecified atom stereocenters. The number of hydrogen-bond acceptors (Lipinski definition) is 5. The van der Waals surface area contributed by atoms with Gasteiger partial charge in [0.15, 0.2) is 0 Å². The van der Waals surface area contributed by atoms with Crippen LogP contribution in [0.25, 0.3) is 0 Å². The van der Waals surface area contributed by atoms with E-state index in [4.69, 9.17) is 10.00 Å². The molecule has 0 saturated carbocycles. The Bertz CT molecular complexity index is 587. The van der Waals surface area contributed by atoms with Gasteiger partial charge in [0.1, 0.15) is 11.7 Å². The van der Waals surface area contributed by atoms with Crippen LogP contribution in [0.4, 0.5) is 4.79 Å². The monoisotopic (exact) mass is 320 g/mol. The second kappa shape index (κ2) is 7.95. The molecule has 6 nitrogen and oxygen atoms in total. The summed E-state index contributed by atoms with van der Waals surface area (Å²) >= 11 is 0. The molecule has 0 aliphatic carbocycles. The van der Waals surface area contributed by atoms with Gasteiger partial charge in [-0.1, -0.05) is 12.1 Å². The molecule has 0 heterocycles. The number of nitrogens with zero attached hydrogens (tertiary/aromatic N) is 1. The maximum atomic E-state index is 11.5. The zero-order valence-corrected chi connectivity index (χ0v) is 14.0. The third kappa shape index (κ3) is 6.27. The lowest BCUT2D eigenvalue weighted by molar-refractivity contribution is 0.0123. The van der Waals surface area contributed by atoms with Crippen LogP contribution in [0.1, 0.15) is 50.0 Å². The topological polar surface area (TPSA) is 103 Å². The fourth-order valence-electron chi connectivity index (χ4n) is 2.01. The standard InChI is InChI=1S/C17H24N2O4/c1-11-9-12(5-6-13(11)10-18)15(21)14(20)7-8-19-16(22)23-17(2,3)4/h5-6,9,14-15,20-21H,7-8H2,1-4H3,(H,19,22). The lowest BCUT2D eigenvalue weighted by atomic mass is 9.98. The summed E-state index contributed by atoms with van der Waals surface area (Å²) in [6.45, 7) is 7.24. The minimum Gasteiger partial charge on any atom is -0.444 e. The Balaban J connectivity index is 2.51. The molecule has 126 valence electrons. The molecular weight excluding hydrogens is 296 g/mol. The lowest BCUT2D eigenvalue weighted by Gasteiger charge is -2.21. The molecule has 0 radical (unpaired) electrons. The maximum Gasteiger partial charge on any atom is 0.407 e. The first-order valence-corrected chi connectivity index (χ1v) is 7.47. The minimum absolute atomic E-state index is 0.180. The highest BCUT2D eigenvalue weighted by atomic mass is 16.6. The number of carbonyl (C=O) groups is 1. The van der Waals surface area contributed by atoms with Crippen molar-refractivity contribution in [2.24, 2.45) is 0 Å². The van der Waals surface area contributed by atoms with Crippen LogP contribution < -0.4 is 5.32 Å². The second-order valence-corrected chi connectivity index (χ2v) is 6.42. The molecule has 0 saturated heterocycles. The number of nitrogens with one attached hydrogen (secondary N) is 1. The van der Waals surface area contributed by atoms with Gasteiger partial charge in [0.2, 0.25) is 0 Å². The van der Waals surface area contributed by atoms with Crippen molar-refractivity contribution < 1.29 is 19.7 Å². The predicted octanol–water partition coefficient (Wildman–Crippen LogP) is 2.18. The number of aliphatic hydroxyl groups is 2. The molecule has 0 aromatic heterocycles. The summed E-state index contributed by atoms with van der Waals surface area (Å²) in [4.78, 5) is 11.5. The number of ether oxygens (including phenoxy) is 1. The Hall–Kier alpha value is -2.10. The van der Waals surface area contributed by atoms with E-state index in [9.17, 15) is 15.0 Å². The summed E-state index contributed by atoms with van der Waals surface area (Å²) in [7, 11) is 0. The summed E-state index contributed by atoms with van der Waals surface area (Å²) in [6, 6.07) is 6.95. The number of rotatable bonds is 5. The maximum absolute atomic E-state index is 11.5. The van der Waals surface area contributed by atoms with Crippen LogP contribution in [0.3, 0.4) is 0 Å². The molecule has 0 aliphatic heterocycles. The number of benzene rings is 1. The summed E-state index contributed by atoms with van der Waals surface area (Å²) in [5.74, 6) is 0. The molecular formula is C17H24N2O4. The molecule has 2 atom stereocenters. The van der Waals surface area contributed by atoms with Crippen LogP contribution >= 0.6 is 0 Å². The first-order chi connectivity index (χ1) is 10.6. The molecule has 23 heavy (non-hydrogen) atoms. The Labute approximate surface area is 136 Å². The Morgan fingerprint density at radius 2 is 2.04 bits per heavy atom. The molecule has 0 aliphatic rings. The van der Waals surface area contributed by atoms with Gasteiger partial charge < -0.3 is 20.3 Å². The molecule has 1 aromatic carbocycles. The van der Waals surface area contributed by atoms with E-state index in [0.717, 1.165) is 5.56 Å². The van der Waals surface area contributed by atoms with Gasteiger partial charge >= 0.3 is 6.09 Å². The summed E-state index contributed by atoms with van der Waals surface area (Å²) < 4.78 is 5.08. The van der Waals surface area contributed by atoms with E-state index >= 15 is 0 Å². The van der Waals surface area contributed by atoms with E-state index in [1.807, 2.05) is 0 Å². The summed E-state index contributed by atoms with van der Waals surface area (Å²) in [6.07, 6.45) is -2.49. The highest BCUT2D eigenvalue weighted by Gasteiger charge is 2.20. The Kier molecular flexibility index (Phi) is 6.55. The quantitative estimate of drug-likeness (QED) is 0.771.